The molecule has 0 saturated carbocycles. The predicted molar refractivity (Wildman–Crippen MR) is 118 cm³/mol. The molecule has 0 saturated heterocycles. The average Bonchev–Trinajstić information content (AvgIpc) is 2.72. The fourth-order valence-corrected chi connectivity index (χ4v) is 3.55. The van der Waals surface area contributed by atoms with E-state index in [2.05, 4.69) is 10.0 Å². The first-order valence-corrected chi connectivity index (χ1v) is 11.4. The Kier molecular flexibility index (Phi) is 6.74. The summed E-state index contributed by atoms with van der Waals surface area (Å²) < 4.78 is 31.4. The van der Waals surface area contributed by atoms with Gasteiger partial charge in [-0.25, -0.2) is 8.42 Å². The van der Waals surface area contributed by atoms with Gasteiger partial charge in [0.1, 0.15) is 12.4 Å². The molecule has 2 N–H and O–H groups in total. The molecule has 1 unspecified atom stereocenters. The van der Waals surface area contributed by atoms with E-state index in [0.717, 1.165) is 17.6 Å². The summed E-state index contributed by atoms with van der Waals surface area (Å²) in [6.45, 7) is 2.22. The monoisotopic (exact) mass is 424 g/mol. The molecule has 0 aliphatic rings. The summed E-state index contributed by atoms with van der Waals surface area (Å²) in [5.74, 6) is 0.543. The second-order valence-electron chi connectivity index (χ2n) is 6.96. The Morgan fingerprint density at radius 3 is 2.23 bits per heavy atom. The summed E-state index contributed by atoms with van der Waals surface area (Å²) in [5, 5.41) is 2.91. The molecule has 1 amide bonds. The summed E-state index contributed by atoms with van der Waals surface area (Å²) in [6.07, 6.45) is 1.09. The number of carbonyl (C=O) groups is 1. The lowest BCUT2D eigenvalue weighted by molar-refractivity contribution is 0.0940. The largest absolute Gasteiger partial charge is 0.489 e. The summed E-state index contributed by atoms with van der Waals surface area (Å²) in [4.78, 5) is 12.6. The van der Waals surface area contributed by atoms with E-state index in [0.29, 0.717) is 23.4 Å². The molecule has 3 aromatic carbocycles. The van der Waals surface area contributed by atoms with Crippen molar-refractivity contribution in [2.24, 2.45) is 0 Å². The zero-order valence-electron chi connectivity index (χ0n) is 16.8. The van der Waals surface area contributed by atoms with Crippen LogP contribution in [0, 0.1) is 0 Å². The lowest BCUT2D eigenvalue weighted by Crippen LogP contribution is -2.27. The van der Waals surface area contributed by atoms with E-state index < -0.39 is 10.0 Å². The standard InChI is InChI=1S/C23H24N2O4S/c1-17(21-10-6-7-11-22(21)25-30(2,27)28)24-23(26)19-14-12-18(13-15-19)16-29-20-8-4-3-5-9-20/h3-15,17,25H,16H2,1-2H3,(H,24,26). The summed E-state index contributed by atoms with van der Waals surface area (Å²) in [7, 11) is -3.42. The van der Waals surface area contributed by atoms with Crippen molar-refractivity contribution in [1.29, 1.82) is 0 Å². The van der Waals surface area contributed by atoms with Gasteiger partial charge in [-0.1, -0.05) is 48.5 Å². The maximum atomic E-state index is 12.6. The maximum absolute atomic E-state index is 12.6. The van der Waals surface area contributed by atoms with Crippen LogP contribution < -0.4 is 14.8 Å². The molecule has 0 bridgehead atoms. The molecule has 156 valence electrons. The topological polar surface area (TPSA) is 84.5 Å². The summed E-state index contributed by atoms with van der Waals surface area (Å²) in [6, 6.07) is 23.3. The van der Waals surface area contributed by atoms with Gasteiger partial charge in [0.05, 0.1) is 18.0 Å². The van der Waals surface area contributed by atoms with E-state index in [4.69, 9.17) is 4.74 Å². The van der Waals surface area contributed by atoms with Crippen LogP contribution in [-0.2, 0) is 16.6 Å². The number of anilines is 1. The van der Waals surface area contributed by atoms with Crippen molar-refractivity contribution in [1.82, 2.24) is 5.32 Å². The highest BCUT2D eigenvalue weighted by Crippen LogP contribution is 2.23. The second kappa shape index (κ2) is 9.45. The van der Waals surface area contributed by atoms with Crippen LogP contribution in [0.1, 0.15) is 34.5 Å². The molecule has 0 aromatic heterocycles. The van der Waals surface area contributed by atoms with E-state index in [1.807, 2.05) is 49.4 Å². The molecular formula is C23H24N2O4S. The zero-order valence-corrected chi connectivity index (χ0v) is 17.6. The van der Waals surface area contributed by atoms with Crippen LogP contribution in [0.4, 0.5) is 5.69 Å². The minimum absolute atomic E-state index is 0.243. The molecule has 0 radical (unpaired) electrons. The minimum Gasteiger partial charge on any atom is -0.489 e. The van der Waals surface area contributed by atoms with Gasteiger partial charge in [0.15, 0.2) is 0 Å². The number of benzene rings is 3. The van der Waals surface area contributed by atoms with E-state index in [1.54, 1.807) is 36.4 Å². The van der Waals surface area contributed by atoms with Crippen LogP contribution in [0.5, 0.6) is 5.75 Å². The fraction of sp³-hybridized carbons (Fsp3) is 0.174. The van der Waals surface area contributed by atoms with Gasteiger partial charge in [-0.15, -0.1) is 0 Å². The van der Waals surface area contributed by atoms with Crippen molar-refractivity contribution in [2.75, 3.05) is 11.0 Å². The van der Waals surface area contributed by atoms with Crippen molar-refractivity contribution < 1.29 is 17.9 Å². The Balaban J connectivity index is 1.63. The third-order valence-electron chi connectivity index (χ3n) is 4.44. The van der Waals surface area contributed by atoms with Crippen LogP contribution in [-0.4, -0.2) is 20.6 Å². The van der Waals surface area contributed by atoms with E-state index >= 15 is 0 Å². The van der Waals surface area contributed by atoms with Crippen LogP contribution in [0.25, 0.3) is 0 Å². The molecule has 0 aliphatic heterocycles. The molecule has 3 rings (SSSR count). The molecule has 0 aliphatic carbocycles. The number of rotatable bonds is 8. The lowest BCUT2D eigenvalue weighted by Gasteiger charge is -2.18. The zero-order chi connectivity index (χ0) is 21.6. The minimum atomic E-state index is -3.42. The highest BCUT2D eigenvalue weighted by Gasteiger charge is 2.16. The number of para-hydroxylation sites is 2. The number of carbonyl (C=O) groups excluding carboxylic acids is 1. The van der Waals surface area contributed by atoms with E-state index in [-0.39, 0.29) is 11.9 Å². The first kappa shape index (κ1) is 21.4. The first-order chi connectivity index (χ1) is 14.3. The Morgan fingerprint density at radius 2 is 1.57 bits per heavy atom. The second-order valence-corrected chi connectivity index (χ2v) is 8.70. The van der Waals surface area contributed by atoms with Gasteiger partial charge in [-0.05, 0) is 48.4 Å². The molecular weight excluding hydrogens is 400 g/mol. The quantitative estimate of drug-likeness (QED) is 0.569. The van der Waals surface area contributed by atoms with Gasteiger partial charge in [0.25, 0.3) is 5.91 Å². The van der Waals surface area contributed by atoms with Crippen molar-refractivity contribution in [3.05, 3.63) is 95.6 Å². The van der Waals surface area contributed by atoms with Gasteiger partial charge >= 0.3 is 0 Å². The summed E-state index contributed by atoms with van der Waals surface area (Å²) in [5.41, 5.74) is 2.59. The Labute approximate surface area is 177 Å². The fourth-order valence-electron chi connectivity index (χ4n) is 2.96. The number of nitrogens with one attached hydrogen (secondary N) is 2. The van der Waals surface area contributed by atoms with Crippen LogP contribution in [0.15, 0.2) is 78.9 Å². The van der Waals surface area contributed by atoms with Crippen LogP contribution in [0.3, 0.4) is 0 Å². The maximum Gasteiger partial charge on any atom is 0.251 e. The molecule has 30 heavy (non-hydrogen) atoms. The molecule has 0 heterocycles. The Hall–Kier alpha value is -3.32. The molecule has 6 nitrogen and oxygen atoms in total. The van der Waals surface area contributed by atoms with Crippen molar-refractivity contribution in [2.45, 2.75) is 19.6 Å². The SMILES string of the molecule is CC(NC(=O)c1ccc(COc2ccccc2)cc1)c1ccccc1NS(C)(=O)=O. The Bertz CT molecular complexity index is 1100. The molecule has 0 fully saturated rings. The number of hydrogen-bond acceptors (Lipinski definition) is 4. The van der Waals surface area contributed by atoms with Crippen LogP contribution >= 0.6 is 0 Å². The normalized spacial score (nSPS) is 12.1. The third kappa shape index (κ3) is 6.09. The molecule has 0 spiro atoms. The van der Waals surface area contributed by atoms with Crippen molar-refractivity contribution in [3.63, 3.8) is 0 Å². The number of hydrogen-bond donors (Lipinski definition) is 2. The molecule has 7 heteroatoms. The van der Waals surface area contributed by atoms with Gasteiger partial charge in [-0.3, -0.25) is 9.52 Å². The van der Waals surface area contributed by atoms with Gasteiger partial charge in [-0.2, -0.15) is 0 Å². The predicted octanol–water partition coefficient (Wildman–Crippen LogP) is 4.13. The van der Waals surface area contributed by atoms with Gasteiger partial charge < -0.3 is 10.1 Å². The molecule has 3 aromatic rings. The first-order valence-electron chi connectivity index (χ1n) is 9.46. The average molecular weight is 425 g/mol. The third-order valence-corrected chi connectivity index (χ3v) is 5.03. The van der Waals surface area contributed by atoms with E-state index in [1.165, 1.54) is 0 Å². The van der Waals surface area contributed by atoms with E-state index in [9.17, 15) is 13.2 Å². The molecule has 1 atom stereocenters. The number of amides is 1. The van der Waals surface area contributed by atoms with Crippen molar-refractivity contribution >= 4 is 21.6 Å². The Morgan fingerprint density at radius 1 is 0.933 bits per heavy atom. The smallest absolute Gasteiger partial charge is 0.251 e. The number of ether oxygens (including phenoxy) is 1. The highest BCUT2D eigenvalue weighted by molar-refractivity contribution is 7.92. The van der Waals surface area contributed by atoms with Gasteiger partial charge in [0, 0.05) is 5.56 Å². The lowest BCUT2D eigenvalue weighted by atomic mass is 10.1. The van der Waals surface area contributed by atoms with Gasteiger partial charge in [0.2, 0.25) is 10.0 Å². The summed E-state index contributed by atoms with van der Waals surface area (Å²) >= 11 is 0. The van der Waals surface area contributed by atoms with Crippen LogP contribution in [0.2, 0.25) is 0 Å². The number of sulfonamides is 1. The highest BCUT2D eigenvalue weighted by atomic mass is 32.2. The van der Waals surface area contributed by atoms with Crippen molar-refractivity contribution in [3.8, 4) is 5.75 Å².